The predicted molar refractivity (Wildman–Crippen MR) is 95.5 cm³/mol. The number of aryl methyl sites for hydroxylation is 1. The highest BCUT2D eigenvalue weighted by atomic mass is 32.1. The maximum atomic E-state index is 12.2. The number of nitrogens with zero attached hydrogens (tertiary/aromatic N) is 3. The fraction of sp³-hybridized carbons (Fsp3) is 0.176. The molecular weight excluding hydrogens is 356 g/mol. The van der Waals surface area contributed by atoms with Gasteiger partial charge in [0.1, 0.15) is 6.54 Å². The van der Waals surface area contributed by atoms with Crippen LogP contribution >= 0.6 is 11.3 Å². The van der Waals surface area contributed by atoms with Crippen LogP contribution in [0, 0.1) is 6.92 Å². The molecule has 0 atom stereocenters. The van der Waals surface area contributed by atoms with Crippen molar-refractivity contribution < 1.29 is 14.3 Å². The van der Waals surface area contributed by atoms with Crippen molar-refractivity contribution in [2.75, 3.05) is 12.1 Å². The summed E-state index contributed by atoms with van der Waals surface area (Å²) in [5, 5.41) is 9.28. The Morgan fingerprint density at radius 1 is 1.27 bits per heavy atom. The van der Waals surface area contributed by atoms with Crippen LogP contribution in [0.4, 0.5) is 5.13 Å². The summed E-state index contributed by atoms with van der Waals surface area (Å²) in [6.45, 7) is 1.82. The Kier molecular flexibility index (Phi) is 4.13. The Labute approximate surface area is 152 Å². The third-order valence-corrected chi connectivity index (χ3v) is 4.57. The SMILES string of the molecule is Cc1csc(NC(=O)Cn2nc(-c3ccc4c(c3)OCO4)ccc2=O)n1. The second kappa shape index (κ2) is 6.60. The molecule has 4 rings (SSSR count). The maximum Gasteiger partial charge on any atom is 0.267 e. The van der Waals surface area contributed by atoms with Gasteiger partial charge in [0.15, 0.2) is 16.6 Å². The van der Waals surface area contributed by atoms with E-state index in [2.05, 4.69) is 15.4 Å². The number of carbonyl (C=O) groups is 1. The molecule has 0 saturated carbocycles. The minimum atomic E-state index is -0.364. The lowest BCUT2D eigenvalue weighted by molar-refractivity contribution is -0.117. The topological polar surface area (TPSA) is 95.3 Å². The highest BCUT2D eigenvalue weighted by Gasteiger charge is 2.15. The summed E-state index contributed by atoms with van der Waals surface area (Å²) in [7, 11) is 0. The molecule has 3 heterocycles. The first-order valence-corrected chi connectivity index (χ1v) is 8.66. The molecule has 1 aliphatic heterocycles. The van der Waals surface area contributed by atoms with Crippen LogP contribution in [0.3, 0.4) is 0 Å². The number of thiazole rings is 1. The third-order valence-electron chi connectivity index (χ3n) is 3.69. The minimum absolute atomic E-state index is 0.183. The van der Waals surface area contributed by atoms with Gasteiger partial charge in [-0.15, -0.1) is 11.3 Å². The molecule has 1 N–H and O–H groups in total. The molecule has 0 spiro atoms. The van der Waals surface area contributed by atoms with Crippen LogP contribution in [0.5, 0.6) is 11.5 Å². The van der Waals surface area contributed by atoms with Gasteiger partial charge in [-0.1, -0.05) is 0 Å². The van der Waals surface area contributed by atoms with Crippen molar-refractivity contribution in [3.05, 3.63) is 51.8 Å². The van der Waals surface area contributed by atoms with E-state index in [1.54, 1.807) is 18.2 Å². The molecule has 0 bridgehead atoms. The van der Waals surface area contributed by atoms with Gasteiger partial charge in [0.2, 0.25) is 12.7 Å². The van der Waals surface area contributed by atoms with Crippen LogP contribution in [-0.2, 0) is 11.3 Å². The molecule has 3 aromatic rings. The van der Waals surface area contributed by atoms with Crippen molar-refractivity contribution in [3.63, 3.8) is 0 Å². The normalized spacial score (nSPS) is 12.2. The average molecular weight is 370 g/mol. The zero-order valence-electron chi connectivity index (χ0n) is 13.8. The summed E-state index contributed by atoms with van der Waals surface area (Å²) in [4.78, 5) is 28.4. The Balaban J connectivity index is 1.56. The summed E-state index contributed by atoms with van der Waals surface area (Å²) >= 11 is 1.33. The van der Waals surface area contributed by atoms with Gasteiger partial charge < -0.3 is 14.8 Å². The van der Waals surface area contributed by atoms with Crippen molar-refractivity contribution in [2.45, 2.75) is 13.5 Å². The molecule has 1 aromatic carbocycles. The number of fused-ring (bicyclic) bond motifs is 1. The van der Waals surface area contributed by atoms with Crippen molar-refractivity contribution in [3.8, 4) is 22.8 Å². The minimum Gasteiger partial charge on any atom is -0.454 e. The van der Waals surface area contributed by atoms with Crippen LogP contribution in [0.15, 0.2) is 40.5 Å². The molecule has 26 heavy (non-hydrogen) atoms. The number of benzene rings is 1. The molecule has 9 heteroatoms. The lowest BCUT2D eigenvalue weighted by atomic mass is 10.1. The van der Waals surface area contributed by atoms with E-state index >= 15 is 0 Å². The van der Waals surface area contributed by atoms with Crippen molar-refractivity contribution in [2.24, 2.45) is 0 Å². The molecule has 0 radical (unpaired) electrons. The predicted octanol–water partition coefficient (Wildman–Crippen LogP) is 2.04. The van der Waals surface area contributed by atoms with Crippen molar-refractivity contribution >= 4 is 22.4 Å². The van der Waals surface area contributed by atoms with Gasteiger partial charge in [-0.25, -0.2) is 9.67 Å². The second-order valence-corrected chi connectivity index (χ2v) is 6.48. The van der Waals surface area contributed by atoms with Crippen LogP contribution in [0.25, 0.3) is 11.3 Å². The molecular formula is C17H14N4O4S. The van der Waals surface area contributed by atoms with E-state index in [0.29, 0.717) is 22.3 Å². The van der Waals surface area contributed by atoms with Crippen molar-refractivity contribution in [1.82, 2.24) is 14.8 Å². The molecule has 1 aliphatic rings. The summed E-state index contributed by atoms with van der Waals surface area (Å²) in [6.07, 6.45) is 0. The lowest BCUT2D eigenvalue weighted by Crippen LogP contribution is -2.29. The van der Waals surface area contributed by atoms with Gasteiger partial charge in [-0.3, -0.25) is 9.59 Å². The Bertz CT molecular complexity index is 1040. The fourth-order valence-electron chi connectivity index (χ4n) is 2.48. The Morgan fingerprint density at radius 2 is 2.12 bits per heavy atom. The summed E-state index contributed by atoms with van der Waals surface area (Å²) < 4.78 is 11.8. The quantitative estimate of drug-likeness (QED) is 0.755. The van der Waals surface area contributed by atoms with E-state index in [-0.39, 0.29) is 24.8 Å². The fourth-order valence-corrected chi connectivity index (χ4v) is 3.18. The van der Waals surface area contributed by atoms with E-state index in [1.807, 2.05) is 18.4 Å². The van der Waals surface area contributed by atoms with Gasteiger partial charge >= 0.3 is 0 Å². The van der Waals surface area contributed by atoms with E-state index in [0.717, 1.165) is 15.9 Å². The van der Waals surface area contributed by atoms with Gasteiger partial charge in [0, 0.05) is 17.0 Å². The van der Waals surface area contributed by atoms with E-state index in [9.17, 15) is 9.59 Å². The zero-order chi connectivity index (χ0) is 18.1. The summed E-state index contributed by atoms with van der Waals surface area (Å²) in [5.74, 6) is 0.927. The van der Waals surface area contributed by atoms with E-state index < -0.39 is 0 Å². The molecule has 8 nitrogen and oxygen atoms in total. The number of carbonyl (C=O) groups excluding carboxylic acids is 1. The molecule has 0 aliphatic carbocycles. The first kappa shape index (κ1) is 16.3. The maximum absolute atomic E-state index is 12.2. The number of anilines is 1. The second-order valence-electron chi connectivity index (χ2n) is 5.62. The first-order valence-electron chi connectivity index (χ1n) is 7.79. The third kappa shape index (κ3) is 3.29. The Morgan fingerprint density at radius 3 is 2.92 bits per heavy atom. The average Bonchev–Trinajstić information content (AvgIpc) is 3.24. The Hall–Kier alpha value is -3.20. The number of hydrogen-bond donors (Lipinski definition) is 1. The number of nitrogens with one attached hydrogen (secondary N) is 1. The first-order chi connectivity index (χ1) is 12.6. The van der Waals surface area contributed by atoms with Gasteiger partial charge in [-0.2, -0.15) is 5.10 Å². The number of rotatable bonds is 4. The standard InChI is InChI=1S/C17H14N4O4S/c1-10-8-26-17(18-10)19-15(22)7-21-16(23)5-3-12(20-21)11-2-4-13-14(6-11)25-9-24-13/h2-6,8H,7,9H2,1H3,(H,18,19,22). The molecule has 0 saturated heterocycles. The highest BCUT2D eigenvalue weighted by Crippen LogP contribution is 2.35. The van der Waals surface area contributed by atoms with Crippen LogP contribution in [0.2, 0.25) is 0 Å². The smallest absolute Gasteiger partial charge is 0.267 e. The van der Waals surface area contributed by atoms with Crippen LogP contribution < -0.4 is 20.3 Å². The zero-order valence-corrected chi connectivity index (χ0v) is 14.6. The summed E-state index contributed by atoms with van der Waals surface area (Å²) in [5.41, 5.74) is 1.78. The number of ether oxygens (including phenoxy) is 2. The molecule has 0 unspecified atom stereocenters. The largest absolute Gasteiger partial charge is 0.454 e. The highest BCUT2D eigenvalue weighted by molar-refractivity contribution is 7.13. The monoisotopic (exact) mass is 370 g/mol. The molecule has 0 fully saturated rings. The van der Waals surface area contributed by atoms with E-state index in [1.165, 1.54) is 17.4 Å². The number of amides is 1. The molecule has 1 amide bonds. The van der Waals surface area contributed by atoms with Crippen LogP contribution in [-0.4, -0.2) is 27.5 Å². The molecule has 132 valence electrons. The lowest BCUT2D eigenvalue weighted by Gasteiger charge is -2.07. The number of hydrogen-bond acceptors (Lipinski definition) is 7. The van der Waals surface area contributed by atoms with Gasteiger partial charge in [-0.05, 0) is 31.2 Å². The van der Waals surface area contributed by atoms with Crippen LogP contribution in [0.1, 0.15) is 5.69 Å². The summed E-state index contributed by atoms with van der Waals surface area (Å²) in [6, 6.07) is 8.39. The number of aromatic nitrogens is 3. The van der Waals surface area contributed by atoms with Gasteiger partial charge in [0.25, 0.3) is 5.56 Å². The van der Waals surface area contributed by atoms with Gasteiger partial charge in [0.05, 0.1) is 11.4 Å². The molecule has 2 aromatic heterocycles. The van der Waals surface area contributed by atoms with Crippen molar-refractivity contribution in [1.29, 1.82) is 0 Å². The van der Waals surface area contributed by atoms with E-state index in [4.69, 9.17) is 9.47 Å².